The molecule has 1 amide bonds. The molecule has 2 N–H and O–H groups in total. The summed E-state index contributed by atoms with van der Waals surface area (Å²) in [5.41, 5.74) is 8.15. The molecule has 10 heteroatoms. The number of benzene rings is 2. The molecule has 1 aliphatic heterocycles. The molecular formula is C20H18F3N5OS. The van der Waals surface area contributed by atoms with E-state index >= 15 is 0 Å². The Bertz CT molecular complexity index is 1160. The van der Waals surface area contributed by atoms with Gasteiger partial charge in [0.2, 0.25) is 0 Å². The molecule has 4 rings (SSSR count). The summed E-state index contributed by atoms with van der Waals surface area (Å²) in [7, 11) is 1.76. The van der Waals surface area contributed by atoms with E-state index in [1.807, 2.05) is 18.2 Å². The van der Waals surface area contributed by atoms with Crippen molar-refractivity contribution >= 4 is 33.7 Å². The summed E-state index contributed by atoms with van der Waals surface area (Å²) in [4.78, 5) is 16.5. The topological polar surface area (TPSA) is 76.5 Å². The highest BCUT2D eigenvalue weighted by molar-refractivity contribution is 8.14. The van der Waals surface area contributed by atoms with Crippen LogP contribution in [0.5, 0.6) is 0 Å². The number of hydrogen-bond acceptors (Lipinski definition) is 5. The van der Waals surface area contributed by atoms with Gasteiger partial charge in [0, 0.05) is 30.5 Å². The van der Waals surface area contributed by atoms with Crippen molar-refractivity contribution in [2.75, 3.05) is 18.8 Å². The molecule has 30 heavy (non-hydrogen) atoms. The molecule has 3 aromatic rings. The van der Waals surface area contributed by atoms with Gasteiger partial charge in [-0.2, -0.15) is 18.3 Å². The van der Waals surface area contributed by atoms with Crippen LogP contribution in [0.4, 0.5) is 18.0 Å². The Morgan fingerprint density at radius 3 is 2.70 bits per heavy atom. The highest BCUT2D eigenvalue weighted by Crippen LogP contribution is 2.33. The highest BCUT2D eigenvalue weighted by atomic mass is 32.2. The van der Waals surface area contributed by atoms with Gasteiger partial charge in [-0.25, -0.2) is 9.99 Å². The van der Waals surface area contributed by atoms with Crippen molar-refractivity contribution in [1.82, 2.24) is 14.6 Å². The number of hydrogen-bond donors (Lipinski definition) is 1. The number of carbonyl (C=O) groups excluding carboxylic acids is 1. The number of nitrogens with two attached hydrogens (primary N) is 1. The second-order valence-corrected chi connectivity index (χ2v) is 7.72. The average molecular weight is 433 g/mol. The minimum Gasteiger partial charge on any atom is -0.329 e. The van der Waals surface area contributed by atoms with Crippen LogP contribution >= 0.6 is 11.8 Å². The van der Waals surface area contributed by atoms with E-state index in [0.717, 1.165) is 40.7 Å². The molecule has 1 aromatic heterocycles. The molecular weight excluding hydrogens is 415 g/mol. The van der Waals surface area contributed by atoms with E-state index in [-0.39, 0.29) is 5.24 Å². The standard InChI is InChI=1S/C20H18F3N5OS/c1-27-17-6-5-12(16-11-30-19(29)28(26-16)8-7-24)10-15(17)25-18(27)13-3-2-4-14(9-13)20(21,22)23/h2-6,9-10H,7-8,11,24H2,1H3. The summed E-state index contributed by atoms with van der Waals surface area (Å²) in [6.07, 6.45) is -4.42. The van der Waals surface area contributed by atoms with E-state index in [9.17, 15) is 18.0 Å². The molecule has 0 unspecified atom stereocenters. The second kappa shape index (κ2) is 7.77. The van der Waals surface area contributed by atoms with Crippen LogP contribution in [0.1, 0.15) is 11.1 Å². The van der Waals surface area contributed by atoms with Crippen LogP contribution in [0.3, 0.4) is 0 Å². The Morgan fingerprint density at radius 2 is 1.97 bits per heavy atom. The summed E-state index contributed by atoms with van der Waals surface area (Å²) in [5.74, 6) is 0.867. The largest absolute Gasteiger partial charge is 0.416 e. The van der Waals surface area contributed by atoms with E-state index in [2.05, 4.69) is 10.1 Å². The molecule has 2 aromatic carbocycles. The first-order chi connectivity index (χ1) is 14.3. The van der Waals surface area contributed by atoms with E-state index in [1.54, 1.807) is 17.7 Å². The lowest BCUT2D eigenvalue weighted by molar-refractivity contribution is -0.137. The van der Waals surface area contributed by atoms with Crippen LogP contribution in [0.2, 0.25) is 0 Å². The van der Waals surface area contributed by atoms with Gasteiger partial charge in [-0.1, -0.05) is 30.0 Å². The van der Waals surface area contributed by atoms with Crippen molar-refractivity contribution in [3.8, 4) is 11.4 Å². The predicted molar refractivity (Wildman–Crippen MR) is 111 cm³/mol. The molecule has 0 atom stereocenters. The van der Waals surface area contributed by atoms with Crippen LogP contribution in [0.15, 0.2) is 47.6 Å². The fourth-order valence-electron chi connectivity index (χ4n) is 3.30. The van der Waals surface area contributed by atoms with Gasteiger partial charge < -0.3 is 10.3 Å². The van der Waals surface area contributed by atoms with Crippen LogP contribution in [-0.2, 0) is 13.2 Å². The number of thioether (sulfide) groups is 1. The van der Waals surface area contributed by atoms with Crippen LogP contribution in [0, 0.1) is 0 Å². The van der Waals surface area contributed by atoms with Gasteiger partial charge in [0.05, 0.1) is 28.9 Å². The number of hydrazone groups is 1. The molecule has 0 radical (unpaired) electrons. The van der Waals surface area contributed by atoms with Crippen molar-refractivity contribution in [1.29, 1.82) is 0 Å². The fourth-order valence-corrected chi connectivity index (χ4v) is 4.06. The van der Waals surface area contributed by atoms with E-state index in [0.29, 0.717) is 35.7 Å². The lowest BCUT2D eigenvalue weighted by Crippen LogP contribution is -2.33. The van der Waals surface area contributed by atoms with Crippen molar-refractivity contribution in [2.45, 2.75) is 6.18 Å². The first-order valence-electron chi connectivity index (χ1n) is 9.14. The summed E-state index contributed by atoms with van der Waals surface area (Å²) in [5, 5.41) is 5.60. The van der Waals surface area contributed by atoms with Gasteiger partial charge in [0.25, 0.3) is 0 Å². The van der Waals surface area contributed by atoms with Crippen molar-refractivity contribution < 1.29 is 18.0 Å². The minimum atomic E-state index is -4.42. The molecule has 0 aliphatic carbocycles. The molecule has 0 spiro atoms. The number of aryl methyl sites for hydroxylation is 1. The quantitative estimate of drug-likeness (QED) is 0.672. The summed E-state index contributed by atoms with van der Waals surface area (Å²) < 4.78 is 41.0. The zero-order valence-electron chi connectivity index (χ0n) is 16.0. The molecule has 0 saturated carbocycles. The molecule has 0 fully saturated rings. The molecule has 6 nitrogen and oxygen atoms in total. The number of rotatable bonds is 4. The number of halogens is 3. The smallest absolute Gasteiger partial charge is 0.329 e. The number of imidazole rings is 1. The van der Waals surface area contributed by atoms with Crippen LogP contribution < -0.4 is 5.73 Å². The maximum absolute atomic E-state index is 13.1. The molecule has 0 saturated heterocycles. The normalized spacial score (nSPS) is 15.0. The monoisotopic (exact) mass is 433 g/mol. The Hall–Kier alpha value is -2.85. The SMILES string of the molecule is Cn1c(-c2cccc(C(F)(F)F)c2)nc2cc(C3=NN(CCN)C(=O)SC3)ccc21. The third kappa shape index (κ3) is 3.80. The van der Waals surface area contributed by atoms with E-state index in [4.69, 9.17) is 5.73 Å². The third-order valence-electron chi connectivity index (χ3n) is 4.79. The first-order valence-corrected chi connectivity index (χ1v) is 10.1. The number of aromatic nitrogens is 2. The highest BCUT2D eigenvalue weighted by Gasteiger charge is 2.31. The number of nitrogens with zero attached hydrogens (tertiary/aromatic N) is 4. The summed E-state index contributed by atoms with van der Waals surface area (Å²) in [6.45, 7) is 0.642. The van der Waals surface area contributed by atoms with Crippen molar-refractivity contribution in [3.63, 3.8) is 0 Å². The zero-order valence-corrected chi connectivity index (χ0v) is 16.8. The maximum Gasteiger partial charge on any atom is 0.416 e. The zero-order chi connectivity index (χ0) is 21.5. The number of alkyl halides is 3. The van der Waals surface area contributed by atoms with E-state index < -0.39 is 11.7 Å². The minimum absolute atomic E-state index is 0.144. The van der Waals surface area contributed by atoms with Gasteiger partial charge in [0.15, 0.2) is 0 Å². The Morgan fingerprint density at radius 1 is 1.17 bits per heavy atom. The van der Waals surface area contributed by atoms with Crippen LogP contribution in [0.25, 0.3) is 22.4 Å². The maximum atomic E-state index is 13.1. The number of amides is 1. The average Bonchev–Trinajstić information content (AvgIpc) is 3.05. The number of carbonyl (C=O) groups is 1. The number of fused-ring (bicyclic) bond motifs is 1. The molecule has 1 aliphatic rings. The van der Waals surface area contributed by atoms with Crippen LogP contribution in [-0.4, -0.2) is 44.4 Å². The Kier molecular flexibility index (Phi) is 5.29. The van der Waals surface area contributed by atoms with Gasteiger partial charge in [-0.05, 0) is 24.3 Å². The molecule has 2 heterocycles. The predicted octanol–water partition coefficient (Wildman–Crippen LogP) is 4.09. The lowest BCUT2D eigenvalue weighted by Gasteiger charge is -2.22. The van der Waals surface area contributed by atoms with E-state index in [1.165, 1.54) is 11.1 Å². The summed E-state index contributed by atoms with van der Waals surface area (Å²) >= 11 is 1.15. The lowest BCUT2D eigenvalue weighted by atomic mass is 10.1. The van der Waals surface area contributed by atoms with Gasteiger partial charge in [-0.15, -0.1) is 0 Å². The fraction of sp³-hybridized carbons (Fsp3) is 0.250. The molecule has 156 valence electrons. The van der Waals surface area contributed by atoms with Gasteiger partial charge >= 0.3 is 11.4 Å². The van der Waals surface area contributed by atoms with Crippen molar-refractivity contribution in [3.05, 3.63) is 53.6 Å². The first kappa shape index (κ1) is 20.4. The Labute approximate surface area is 174 Å². The second-order valence-electron chi connectivity index (χ2n) is 6.79. The third-order valence-corrected chi connectivity index (χ3v) is 5.66. The Balaban J connectivity index is 1.74. The molecule has 0 bridgehead atoms. The van der Waals surface area contributed by atoms with Gasteiger partial charge in [-0.3, -0.25) is 4.79 Å². The summed E-state index contributed by atoms with van der Waals surface area (Å²) in [6, 6.07) is 10.7. The van der Waals surface area contributed by atoms with Gasteiger partial charge in [0.1, 0.15) is 5.82 Å². The van der Waals surface area contributed by atoms with Crippen molar-refractivity contribution in [2.24, 2.45) is 17.9 Å².